The van der Waals surface area contributed by atoms with Crippen molar-refractivity contribution in [3.63, 3.8) is 0 Å². The SMILES string of the molecule is CN(C)c1ccc(NCc2csc(C(=O)O)n2)cc1. The lowest BCUT2D eigenvalue weighted by Crippen LogP contribution is -2.08. The van der Waals surface area contributed by atoms with Crippen LogP contribution in [0.3, 0.4) is 0 Å². The molecule has 0 bridgehead atoms. The summed E-state index contributed by atoms with van der Waals surface area (Å²) in [5, 5.41) is 13.9. The van der Waals surface area contributed by atoms with Crippen molar-refractivity contribution < 1.29 is 9.90 Å². The highest BCUT2D eigenvalue weighted by Gasteiger charge is 2.08. The molecule has 0 saturated heterocycles. The van der Waals surface area contributed by atoms with Gasteiger partial charge in [0.05, 0.1) is 12.2 Å². The van der Waals surface area contributed by atoms with Crippen LogP contribution >= 0.6 is 11.3 Å². The van der Waals surface area contributed by atoms with Crippen molar-refractivity contribution in [3.8, 4) is 0 Å². The van der Waals surface area contributed by atoms with Gasteiger partial charge in [-0.15, -0.1) is 11.3 Å². The third-order valence-corrected chi connectivity index (χ3v) is 3.47. The third kappa shape index (κ3) is 3.45. The molecular formula is C13H15N3O2S. The predicted octanol–water partition coefficient (Wildman–Crippen LogP) is 2.52. The highest BCUT2D eigenvalue weighted by atomic mass is 32.1. The van der Waals surface area contributed by atoms with Crippen LogP contribution in [0.5, 0.6) is 0 Å². The van der Waals surface area contributed by atoms with Crippen LogP contribution in [0.4, 0.5) is 11.4 Å². The van der Waals surface area contributed by atoms with Crippen LogP contribution in [-0.4, -0.2) is 30.2 Å². The first kappa shape index (κ1) is 13.4. The molecule has 6 heteroatoms. The predicted molar refractivity (Wildman–Crippen MR) is 77.2 cm³/mol. The first-order valence-electron chi connectivity index (χ1n) is 5.75. The Bertz CT molecular complexity index is 564. The fraction of sp³-hybridized carbons (Fsp3) is 0.231. The molecule has 1 heterocycles. The van der Waals surface area contributed by atoms with Gasteiger partial charge in [0.15, 0.2) is 0 Å². The summed E-state index contributed by atoms with van der Waals surface area (Å²) in [6.45, 7) is 0.519. The fourth-order valence-corrected chi connectivity index (χ4v) is 2.21. The summed E-state index contributed by atoms with van der Waals surface area (Å²) in [5.41, 5.74) is 2.85. The second-order valence-electron chi connectivity index (χ2n) is 4.24. The Morgan fingerprint density at radius 2 is 2.05 bits per heavy atom. The molecular weight excluding hydrogens is 262 g/mol. The van der Waals surface area contributed by atoms with Gasteiger partial charge in [-0.25, -0.2) is 9.78 Å². The highest BCUT2D eigenvalue weighted by molar-refractivity contribution is 7.11. The number of hydrogen-bond donors (Lipinski definition) is 2. The van der Waals surface area contributed by atoms with Gasteiger partial charge in [0.1, 0.15) is 0 Å². The van der Waals surface area contributed by atoms with Gasteiger partial charge in [0.25, 0.3) is 0 Å². The number of aromatic carboxylic acids is 1. The zero-order chi connectivity index (χ0) is 13.8. The third-order valence-electron chi connectivity index (χ3n) is 2.59. The fourth-order valence-electron chi connectivity index (χ4n) is 1.56. The molecule has 0 aliphatic heterocycles. The van der Waals surface area contributed by atoms with E-state index in [1.165, 1.54) is 0 Å². The number of rotatable bonds is 5. The maximum absolute atomic E-state index is 10.7. The zero-order valence-electron chi connectivity index (χ0n) is 10.8. The Balaban J connectivity index is 1.96. The summed E-state index contributed by atoms with van der Waals surface area (Å²) in [6, 6.07) is 8.01. The number of anilines is 2. The van der Waals surface area contributed by atoms with E-state index in [2.05, 4.69) is 10.3 Å². The summed E-state index contributed by atoms with van der Waals surface area (Å²) < 4.78 is 0. The van der Waals surface area contributed by atoms with Crippen LogP contribution in [-0.2, 0) is 6.54 Å². The number of nitrogens with one attached hydrogen (secondary N) is 1. The van der Waals surface area contributed by atoms with E-state index in [1.807, 2.05) is 43.3 Å². The molecule has 0 spiro atoms. The van der Waals surface area contributed by atoms with Crippen molar-refractivity contribution >= 4 is 28.7 Å². The van der Waals surface area contributed by atoms with Crippen molar-refractivity contribution in [3.05, 3.63) is 40.3 Å². The van der Waals surface area contributed by atoms with Crippen LogP contribution in [0.1, 0.15) is 15.5 Å². The summed E-state index contributed by atoms with van der Waals surface area (Å²) in [7, 11) is 3.98. The van der Waals surface area contributed by atoms with Crippen LogP contribution in [0.2, 0.25) is 0 Å². The molecule has 19 heavy (non-hydrogen) atoms. The van der Waals surface area contributed by atoms with Gasteiger partial charge in [-0.1, -0.05) is 0 Å². The number of benzene rings is 1. The van der Waals surface area contributed by atoms with Crippen molar-refractivity contribution in [1.29, 1.82) is 0 Å². The van der Waals surface area contributed by atoms with Gasteiger partial charge in [-0.05, 0) is 24.3 Å². The highest BCUT2D eigenvalue weighted by Crippen LogP contribution is 2.17. The quantitative estimate of drug-likeness (QED) is 0.879. The molecule has 2 rings (SSSR count). The molecule has 0 radical (unpaired) electrons. The molecule has 2 N–H and O–H groups in total. The monoisotopic (exact) mass is 277 g/mol. The standard InChI is InChI=1S/C13H15N3O2S/c1-16(2)11-5-3-9(4-6-11)14-7-10-8-19-12(15-10)13(17)18/h3-6,8,14H,7H2,1-2H3,(H,17,18). The molecule has 5 nitrogen and oxygen atoms in total. The summed E-state index contributed by atoms with van der Waals surface area (Å²) in [5.74, 6) is -0.980. The van der Waals surface area contributed by atoms with Crippen LogP contribution in [0.15, 0.2) is 29.6 Å². The molecule has 0 saturated carbocycles. The molecule has 1 aromatic carbocycles. The van der Waals surface area contributed by atoms with Crippen LogP contribution < -0.4 is 10.2 Å². The van der Waals surface area contributed by atoms with Crippen molar-refractivity contribution in [2.45, 2.75) is 6.54 Å². The minimum Gasteiger partial charge on any atom is -0.476 e. The van der Waals surface area contributed by atoms with E-state index in [9.17, 15) is 4.79 Å². The summed E-state index contributed by atoms with van der Waals surface area (Å²) in [6.07, 6.45) is 0. The van der Waals surface area contributed by atoms with E-state index in [0.29, 0.717) is 6.54 Å². The molecule has 0 fully saturated rings. The lowest BCUT2D eigenvalue weighted by atomic mass is 10.2. The number of thiazole rings is 1. The lowest BCUT2D eigenvalue weighted by molar-refractivity contribution is 0.0696. The van der Waals surface area contributed by atoms with E-state index in [1.54, 1.807) is 5.38 Å². The van der Waals surface area contributed by atoms with Crippen LogP contribution in [0, 0.1) is 0 Å². The molecule has 0 amide bonds. The number of carboxylic acid groups (broad SMARTS) is 1. The maximum Gasteiger partial charge on any atom is 0.365 e. The zero-order valence-corrected chi connectivity index (χ0v) is 11.6. The second-order valence-corrected chi connectivity index (χ2v) is 5.10. The number of aromatic nitrogens is 1. The van der Waals surface area contributed by atoms with E-state index >= 15 is 0 Å². The number of carbonyl (C=O) groups is 1. The normalized spacial score (nSPS) is 10.2. The van der Waals surface area contributed by atoms with Gasteiger partial charge in [0, 0.05) is 30.9 Å². The minimum absolute atomic E-state index is 0.125. The van der Waals surface area contributed by atoms with Gasteiger partial charge in [0.2, 0.25) is 5.01 Å². The molecule has 2 aromatic rings. The Morgan fingerprint density at radius 3 is 2.58 bits per heavy atom. The van der Waals surface area contributed by atoms with Crippen molar-refractivity contribution in [1.82, 2.24) is 4.98 Å². The Kier molecular flexibility index (Phi) is 4.01. The second kappa shape index (κ2) is 5.71. The van der Waals surface area contributed by atoms with Crippen molar-refractivity contribution in [2.24, 2.45) is 0 Å². The average Bonchev–Trinajstić information content (AvgIpc) is 2.86. The Labute approximate surface area is 115 Å². The molecule has 0 atom stereocenters. The first-order chi connectivity index (χ1) is 9.06. The number of hydrogen-bond acceptors (Lipinski definition) is 5. The Morgan fingerprint density at radius 1 is 1.37 bits per heavy atom. The summed E-state index contributed by atoms with van der Waals surface area (Å²) >= 11 is 1.14. The molecule has 0 aliphatic carbocycles. The van der Waals surface area contributed by atoms with Gasteiger partial charge >= 0.3 is 5.97 Å². The van der Waals surface area contributed by atoms with E-state index in [-0.39, 0.29) is 5.01 Å². The van der Waals surface area contributed by atoms with Gasteiger partial charge in [-0.2, -0.15) is 0 Å². The van der Waals surface area contributed by atoms with Gasteiger partial charge < -0.3 is 15.3 Å². The Hall–Kier alpha value is -2.08. The minimum atomic E-state index is -0.980. The average molecular weight is 277 g/mol. The molecule has 0 aliphatic rings. The lowest BCUT2D eigenvalue weighted by Gasteiger charge is -2.13. The maximum atomic E-state index is 10.7. The van der Waals surface area contributed by atoms with E-state index in [0.717, 1.165) is 28.4 Å². The van der Waals surface area contributed by atoms with Crippen molar-refractivity contribution in [2.75, 3.05) is 24.3 Å². The topological polar surface area (TPSA) is 65.5 Å². The van der Waals surface area contributed by atoms with Gasteiger partial charge in [-0.3, -0.25) is 0 Å². The molecule has 0 unspecified atom stereocenters. The van der Waals surface area contributed by atoms with E-state index in [4.69, 9.17) is 5.11 Å². The molecule has 100 valence electrons. The van der Waals surface area contributed by atoms with Crippen LogP contribution in [0.25, 0.3) is 0 Å². The molecule has 1 aromatic heterocycles. The number of nitrogens with zero attached hydrogens (tertiary/aromatic N) is 2. The largest absolute Gasteiger partial charge is 0.476 e. The van der Waals surface area contributed by atoms with E-state index < -0.39 is 5.97 Å². The first-order valence-corrected chi connectivity index (χ1v) is 6.63. The smallest absolute Gasteiger partial charge is 0.365 e. The summed E-state index contributed by atoms with van der Waals surface area (Å²) in [4.78, 5) is 16.8. The number of carboxylic acids is 1.